The highest BCUT2D eigenvalue weighted by Gasteiger charge is 2.39. The molecule has 0 saturated heterocycles. The fourth-order valence-corrected chi connectivity index (χ4v) is 2.04. The summed E-state index contributed by atoms with van der Waals surface area (Å²) in [6.07, 6.45) is -1.35. The first-order chi connectivity index (χ1) is 9.27. The Morgan fingerprint density at radius 1 is 1.20 bits per heavy atom. The summed E-state index contributed by atoms with van der Waals surface area (Å²) in [5, 5.41) is 8.72. The molecule has 2 rings (SSSR count). The zero-order chi connectivity index (χ0) is 15.0. The van der Waals surface area contributed by atoms with Crippen LogP contribution in [0, 0.1) is 11.3 Å². The van der Waals surface area contributed by atoms with Crippen molar-refractivity contribution in [3.63, 3.8) is 0 Å². The van der Waals surface area contributed by atoms with Gasteiger partial charge in [-0.3, -0.25) is 0 Å². The summed E-state index contributed by atoms with van der Waals surface area (Å²) in [7, 11) is 0. The Labute approximate surface area is 114 Å². The molecule has 0 spiro atoms. The summed E-state index contributed by atoms with van der Waals surface area (Å²) in [6, 6.07) is 7.24. The van der Waals surface area contributed by atoms with Crippen molar-refractivity contribution in [3.8, 4) is 6.07 Å². The molecule has 1 aliphatic carbocycles. The maximum Gasteiger partial charge on any atom is 0.416 e. The van der Waals surface area contributed by atoms with Crippen LogP contribution < -0.4 is 11.5 Å². The van der Waals surface area contributed by atoms with Gasteiger partial charge in [0.15, 0.2) is 0 Å². The van der Waals surface area contributed by atoms with Gasteiger partial charge >= 0.3 is 6.18 Å². The van der Waals surface area contributed by atoms with Crippen molar-refractivity contribution in [3.05, 3.63) is 59.2 Å². The summed E-state index contributed by atoms with van der Waals surface area (Å²) in [5.41, 5.74) is 10.9. The second kappa shape index (κ2) is 4.78. The molecule has 0 amide bonds. The van der Waals surface area contributed by atoms with Crippen molar-refractivity contribution in [2.45, 2.75) is 17.8 Å². The molecule has 0 aliphatic heterocycles. The first kappa shape index (κ1) is 14.3. The van der Waals surface area contributed by atoms with E-state index in [2.05, 4.69) is 0 Å². The Balaban J connectivity index is 2.36. The van der Waals surface area contributed by atoms with E-state index >= 15 is 0 Å². The van der Waals surface area contributed by atoms with Crippen molar-refractivity contribution in [2.75, 3.05) is 0 Å². The second-order valence-corrected chi connectivity index (χ2v) is 4.60. The Morgan fingerprint density at radius 3 is 2.25 bits per heavy atom. The molecule has 20 heavy (non-hydrogen) atoms. The topological polar surface area (TPSA) is 75.8 Å². The summed E-state index contributed by atoms with van der Waals surface area (Å²) < 4.78 is 37.8. The predicted molar refractivity (Wildman–Crippen MR) is 68.3 cm³/mol. The van der Waals surface area contributed by atoms with Gasteiger partial charge < -0.3 is 11.5 Å². The fraction of sp³-hybridized carbons (Fsp3) is 0.214. The molecular formula is C14H12F3N3. The van der Waals surface area contributed by atoms with Gasteiger partial charge in [-0.15, -0.1) is 0 Å². The Kier molecular flexibility index (Phi) is 3.42. The molecule has 3 nitrogen and oxygen atoms in total. The Hall–Kier alpha value is -2.10. The van der Waals surface area contributed by atoms with Crippen LogP contribution in [0.3, 0.4) is 0 Å². The summed E-state index contributed by atoms with van der Waals surface area (Å²) in [4.78, 5) is 0. The van der Waals surface area contributed by atoms with Gasteiger partial charge in [-0.2, -0.15) is 18.4 Å². The summed E-state index contributed by atoms with van der Waals surface area (Å²) >= 11 is 0. The van der Waals surface area contributed by atoms with Crippen LogP contribution in [0.4, 0.5) is 13.2 Å². The highest BCUT2D eigenvalue weighted by molar-refractivity contribution is 5.44. The number of benzene rings is 1. The molecule has 1 aromatic carbocycles. The van der Waals surface area contributed by atoms with E-state index < -0.39 is 23.3 Å². The number of allylic oxidation sites excluding steroid dienone is 2. The average Bonchev–Trinajstić information content (AvgIpc) is 2.41. The van der Waals surface area contributed by atoms with Crippen molar-refractivity contribution in [1.82, 2.24) is 0 Å². The van der Waals surface area contributed by atoms with E-state index in [9.17, 15) is 13.2 Å². The fourth-order valence-electron chi connectivity index (χ4n) is 2.04. The van der Waals surface area contributed by atoms with Crippen LogP contribution in [0.2, 0.25) is 0 Å². The minimum atomic E-state index is -4.44. The Morgan fingerprint density at radius 2 is 1.80 bits per heavy atom. The molecule has 0 saturated carbocycles. The number of alkyl halides is 3. The molecule has 1 aliphatic rings. The van der Waals surface area contributed by atoms with Crippen LogP contribution >= 0.6 is 0 Å². The van der Waals surface area contributed by atoms with Gasteiger partial charge in [-0.25, -0.2) is 0 Å². The van der Waals surface area contributed by atoms with Crippen LogP contribution in [0.1, 0.15) is 11.1 Å². The maximum atomic E-state index is 12.6. The molecule has 104 valence electrons. The van der Waals surface area contributed by atoms with Gasteiger partial charge in [-0.1, -0.05) is 30.4 Å². The van der Waals surface area contributed by atoms with E-state index in [1.54, 1.807) is 24.3 Å². The maximum absolute atomic E-state index is 12.6. The number of hydrogen-bond acceptors (Lipinski definition) is 3. The SMILES string of the molecule is N#Cc1ccc(C2(N)C=CC(C(F)(F)F)=CC2N)cc1. The quantitative estimate of drug-likeness (QED) is 0.826. The van der Waals surface area contributed by atoms with Crippen molar-refractivity contribution >= 4 is 0 Å². The third-order valence-electron chi connectivity index (χ3n) is 3.29. The van der Waals surface area contributed by atoms with Crippen LogP contribution in [0.5, 0.6) is 0 Å². The molecule has 0 aromatic heterocycles. The van der Waals surface area contributed by atoms with E-state index in [-0.39, 0.29) is 0 Å². The first-order valence-electron chi connectivity index (χ1n) is 5.81. The van der Waals surface area contributed by atoms with Crippen molar-refractivity contribution in [1.29, 1.82) is 5.26 Å². The zero-order valence-electron chi connectivity index (χ0n) is 10.4. The molecule has 6 heteroatoms. The second-order valence-electron chi connectivity index (χ2n) is 4.60. The largest absolute Gasteiger partial charge is 0.416 e. The average molecular weight is 279 g/mol. The van der Waals surface area contributed by atoms with Crippen LogP contribution in [0.15, 0.2) is 48.1 Å². The smallest absolute Gasteiger partial charge is 0.322 e. The zero-order valence-corrected chi connectivity index (χ0v) is 10.4. The van der Waals surface area contributed by atoms with Crippen LogP contribution in [-0.2, 0) is 5.54 Å². The van der Waals surface area contributed by atoms with Crippen LogP contribution in [-0.4, -0.2) is 12.2 Å². The lowest BCUT2D eigenvalue weighted by Crippen LogP contribution is -2.51. The van der Waals surface area contributed by atoms with Crippen LogP contribution in [0.25, 0.3) is 0 Å². The van der Waals surface area contributed by atoms with Gasteiger partial charge in [-0.05, 0) is 17.7 Å². The summed E-state index contributed by atoms with van der Waals surface area (Å²) in [6.45, 7) is 0. The van der Waals surface area contributed by atoms with Gasteiger partial charge in [0.05, 0.1) is 22.7 Å². The standard InChI is InChI=1S/C14H12F3N3/c15-14(16,17)11-5-6-13(20,12(19)7-11)10-3-1-9(8-18)2-4-10/h1-7,12H,19-20H2. The first-order valence-corrected chi connectivity index (χ1v) is 5.81. The molecule has 4 N–H and O–H groups in total. The number of rotatable bonds is 1. The summed E-state index contributed by atoms with van der Waals surface area (Å²) in [5.74, 6) is 0. The van der Waals surface area contributed by atoms with E-state index in [1.165, 1.54) is 6.08 Å². The van der Waals surface area contributed by atoms with E-state index in [0.717, 1.165) is 12.2 Å². The highest BCUT2D eigenvalue weighted by Crippen LogP contribution is 2.34. The lowest BCUT2D eigenvalue weighted by Gasteiger charge is -2.34. The molecule has 0 heterocycles. The lowest BCUT2D eigenvalue weighted by molar-refractivity contribution is -0.0889. The van der Waals surface area contributed by atoms with Gasteiger partial charge in [0.2, 0.25) is 0 Å². The molecular weight excluding hydrogens is 267 g/mol. The lowest BCUT2D eigenvalue weighted by atomic mass is 9.79. The predicted octanol–water partition coefficient (Wildman–Crippen LogP) is 2.10. The third kappa shape index (κ3) is 2.46. The van der Waals surface area contributed by atoms with E-state index in [0.29, 0.717) is 11.1 Å². The number of hydrogen-bond donors (Lipinski definition) is 2. The number of nitriles is 1. The van der Waals surface area contributed by atoms with E-state index in [1.807, 2.05) is 6.07 Å². The third-order valence-corrected chi connectivity index (χ3v) is 3.29. The Bertz CT molecular complexity index is 608. The van der Waals surface area contributed by atoms with Gasteiger partial charge in [0.25, 0.3) is 0 Å². The normalized spacial score (nSPS) is 26.0. The van der Waals surface area contributed by atoms with Crippen molar-refractivity contribution in [2.24, 2.45) is 11.5 Å². The highest BCUT2D eigenvalue weighted by atomic mass is 19.4. The monoisotopic (exact) mass is 279 g/mol. The van der Waals surface area contributed by atoms with Gasteiger partial charge in [0, 0.05) is 6.04 Å². The minimum absolute atomic E-state index is 0.442. The molecule has 2 atom stereocenters. The molecule has 0 fully saturated rings. The van der Waals surface area contributed by atoms with E-state index in [4.69, 9.17) is 16.7 Å². The molecule has 1 aromatic rings. The van der Waals surface area contributed by atoms with Crippen molar-refractivity contribution < 1.29 is 13.2 Å². The molecule has 0 radical (unpaired) electrons. The minimum Gasteiger partial charge on any atom is -0.322 e. The molecule has 0 bridgehead atoms. The van der Waals surface area contributed by atoms with Gasteiger partial charge in [0.1, 0.15) is 0 Å². The number of nitrogens with zero attached hydrogens (tertiary/aromatic N) is 1. The number of nitrogens with two attached hydrogens (primary N) is 2. The molecule has 2 unspecified atom stereocenters. The number of halogens is 3.